The van der Waals surface area contributed by atoms with Gasteiger partial charge in [-0.3, -0.25) is 0 Å². The van der Waals surface area contributed by atoms with Crippen LogP contribution in [0.3, 0.4) is 0 Å². The van der Waals surface area contributed by atoms with Crippen LogP contribution in [0, 0.1) is 0 Å². The fourth-order valence-electron chi connectivity index (χ4n) is 11.8. The topological polar surface area (TPSA) is 61.8 Å². The summed E-state index contributed by atoms with van der Waals surface area (Å²) in [5.41, 5.74) is -0.883. The van der Waals surface area contributed by atoms with Gasteiger partial charge in [0.15, 0.2) is 0 Å². The number of alkyl halides is 6. The van der Waals surface area contributed by atoms with E-state index in [2.05, 4.69) is 0 Å². The van der Waals surface area contributed by atoms with Gasteiger partial charge in [0.1, 0.15) is 0 Å². The van der Waals surface area contributed by atoms with E-state index in [1.165, 1.54) is 0 Å². The summed E-state index contributed by atoms with van der Waals surface area (Å²) >= 11 is 0. The van der Waals surface area contributed by atoms with Crippen molar-refractivity contribution >= 4 is 64.4 Å². The zero-order valence-corrected chi connectivity index (χ0v) is 47.9. The van der Waals surface area contributed by atoms with E-state index in [9.17, 15) is 0 Å². The normalized spacial score (nSPS) is 12.9. The Bertz CT molecular complexity index is 3670. The Balaban J connectivity index is 1.31. The first-order valence-corrected chi connectivity index (χ1v) is 32.4. The fourth-order valence-corrected chi connectivity index (χ4v) is 23.2. The van der Waals surface area contributed by atoms with Crippen LogP contribution in [0.2, 0.25) is 0 Å². The zero-order valence-electron chi connectivity index (χ0n) is 46.1. The van der Waals surface area contributed by atoms with Crippen LogP contribution in [0.5, 0.6) is 5.75 Å². The van der Waals surface area contributed by atoms with Crippen LogP contribution in [0.1, 0.15) is 54.1 Å². The van der Waals surface area contributed by atoms with Gasteiger partial charge >= 0.3 is 498 Å². The van der Waals surface area contributed by atoms with Gasteiger partial charge in [-0.15, -0.1) is 0 Å². The van der Waals surface area contributed by atoms with Crippen molar-refractivity contribution in [2.45, 2.75) is 24.7 Å². The van der Waals surface area contributed by atoms with Crippen molar-refractivity contribution in [2.75, 3.05) is 0 Å². The van der Waals surface area contributed by atoms with Crippen molar-refractivity contribution in [3.8, 4) is 5.75 Å². The number of carbonyl (C=O) groups excluding carboxylic acids is 2. The fraction of sp³-hybridized carbons (Fsp3) is 0.0556. The van der Waals surface area contributed by atoms with Crippen LogP contribution in [-0.2, 0) is 33.6 Å². The van der Waals surface area contributed by atoms with Crippen LogP contribution in [-0.4, -0.2) is 18.9 Å². The first-order valence-electron chi connectivity index (χ1n) is 27.7. The second-order valence-corrected chi connectivity index (χ2v) is 29.8. The van der Waals surface area contributed by atoms with E-state index in [0.717, 1.165) is 0 Å². The summed E-state index contributed by atoms with van der Waals surface area (Å²) in [5, 5.41) is 3.21. The molecule has 0 aliphatic carbocycles. The van der Waals surface area contributed by atoms with Crippen LogP contribution < -0.4 is 36.5 Å². The van der Waals surface area contributed by atoms with E-state index in [4.69, 9.17) is 13.5 Å². The predicted octanol–water partition coefficient (Wildman–Crippen LogP) is 15.9. The number of carbonyl (C=O) groups is 2. The molecule has 11 rings (SSSR count). The molecule has 0 saturated carbocycles. The summed E-state index contributed by atoms with van der Waals surface area (Å²) in [6, 6.07) is 88.2. The average Bonchev–Trinajstić information content (AvgIpc) is 0.698. The van der Waals surface area contributed by atoms with Crippen molar-refractivity contribution in [1.29, 1.82) is 0 Å². The van der Waals surface area contributed by atoms with Gasteiger partial charge in [-0.2, -0.15) is 0 Å². The molecule has 0 radical (unpaired) electrons. The number of ketones is 2. The molecule has 428 valence electrons. The molecule has 0 bridgehead atoms. The molecular formula is C72H55BF6O5P2. The molecule has 5 nitrogen and oxygen atoms in total. The maximum atomic E-state index is 15.3. The molecule has 0 saturated heterocycles. The second-order valence-electron chi connectivity index (χ2n) is 20.8. The summed E-state index contributed by atoms with van der Waals surface area (Å²) in [5.74, 6) is -1.51. The van der Waals surface area contributed by atoms with E-state index >= 15 is 35.9 Å². The van der Waals surface area contributed by atoms with Crippen molar-refractivity contribution in [1.82, 2.24) is 0 Å². The average molecular weight is 1190 g/mol. The van der Waals surface area contributed by atoms with Gasteiger partial charge in [-0.05, 0) is 0 Å². The quantitative estimate of drug-likeness (QED) is 0.0329. The van der Waals surface area contributed by atoms with E-state index in [-0.39, 0.29) is 30.0 Å². The molecule has 0 aliphatic rings. The third kappa shape index (κ3) is 11.0. The van der Waals surface area contributed by atoms with E-state index in [1.807, 2.05) is 194 Å². The van der Waals surface area contributed by atoms with Gasteiger partial charge in [0, 0.05) is 0 Å². The molecule has 14 heteroatoms. The monoisotopic (exact) mass is 1190 g/mol. The van der Waals surface area contributed by atoms with Crippen LogP contribution >= 0.6 is 13.7 Å². The molecule has 86 heavy (non-hydrogen) atoms. The van der Waals surface area contributed by atoms with Crippen LogP contribution in [0.4, 0.5) is 26.3 Å². The van der Waals surface area contributed by atoms with Gasteiger partial charge in [-0.1, -0.05) is 0 Å². The van der Waals surface area contributed by atoms with Gasteiger partial charge in [0.05, 0.1) is 0 Å². The van der Waals surface area contributed by atoms with Crippen molar-refractivity contribution in [3.05, 3.63) is 354 Å². The minimum atomic E-state index is -5.30. The Morgan fingerprint density at radius 3 is 0.837 bits per heavy atom. The van der Waals surface area contributed by atoms with Crippen LogP contribution in [0.25, 0.3) is 0 Å². The molecule has 0 fully saturated rings. The molecule has 0 unspecified atom stereocenters. The van der Waals surface area contributed by atoms with Crippen molar-refractivity contribution in [3.63, 3.8) is 0 Å². The summed E-state index contributed by atoms with van der Waals surface area (Å²) in [6.07, 6.45) is -10.9. The molecule has 11 aromatic carbocycles. The Labute approximate surface area is 495 Å². The number of hydrogen-bond donors (Lipinski definition) is 0. The Kier molecular flexibility index (Phi) is 16.5. The first-order chi connectivity index (χ1) is 41.6. The van der Waals surface area contributed by atoms with Gasteiger partial charge < -0.3 is 0 Å². The Hall–Kier alpha value is -9.02. The number of rotatable bonds is 20. The number of hydrogen-bond acceptors (Lipinski definition) is 5. The predicted molar refractivity (Wildman–Crippen MR) is 335 cm³/mol. The third-order valence-electron chi connectivity index (χ3n) is 15.8. The summed E-state index contributed by atoms with van der Waals surface area (Å²) in [4.78, 5) is 30.2. The summed E-state index contributed by atoms with van der Waals surface area (Å²) in [6.45, 7) is -10.5. The molecular weight excluding hydrogens is 1130 g/mol. The van der Waals surface area contributed by atoms with Crippen molar-refractivity contribution < 1.29 is 49.5 Å². The second kappa shape index (κ2) is 24.2. The minimum absolute atomic E-state index is 0.0424. The Morgan fingerprint density at radius 2 is 0.570 bits per heavy atom. The van der Waals surface area contributed by atoms with E-state index < -0.39 is 50.2 Å². The van der Waals surface area contributed by atoms with Crippen molar-refractivity contribution in [2.24, 2.45) is 0 Å². The first kappa shape index (κ1) is 58.7. The SMILES string of the molecule is O=C(c1ccccc1)c1ccccc1CP(OB(Oc1cc(C(F)(F)F)cc(C(F)(F)F)c1)OP(Cc1ccccc1C(=O)c1ccccc1)(c1ccccc1)(c1ccccc1)c1ccccc1)(c1ccccc1)(c1ccccc1)c1ccccc1. The van der Waals surface area contributed by atoms with Gasteiger partial charge in [0.2, 0.25) is 0 Å². The number of halogens is 6. The zero-order chi connectivity index (χ0) is 59.9. The standard InChI is InChI=1S/C72H55BF6O5P2/c74-71(75,76)58-49-59(72(77,78)79)51-60(50-58)82-73(83-85(61-35-13-3-14-36-61,62-37-15-4-16-38-62,63-39-17-5-18-40-63)52-56-33-25-27-47-67(56)69(80)54-29-9-1-10-30-54)84-86(64-41-19-6-20-42-64,65-43-21-7-22-44-65,66-45-23-8-24-46-66)53-57-34-26-28-48-68(57)70(81)55-31-11-2-12-32-55/h1-51H,52-53H2. The summed E-state index contributed by atoms with van der Waals surface area (Å²) < 4.78 is 115. The molecule has 0 spiro atoms. The molecule has 0 heterocycles. The molecule has 0 N–H and O–H groups in total. The molecule has 0 aromatic heterocycles. The molecule has 0 aliphatic heterocycles. The molecule has 0 atom stereocenters. The molecule has 0 amide bonds. The third-order valence-corrected chi connectivity index (χ3v) is 27.3. The van der Waals surface area contributed by atoms with Gasteiger partial charge in [-0.25, -0.2) is 0 Å². The molecule has 11 aromatic rings. The number of benzene rings is 11. The van der Waals surface area contributed by atoms with Gasteiger partial charge in [0.25, 0.3) is 0 Å². The van der Waals surface area contributed by atoms with E-state index in [0.29, 0.717) is 77.3 Å². The van der Waals surface area contributed by atoms with Crippen LogP contribution in [0.15, 0.2) is 309 Å². The Morgan fingerprint density at radius 1 is 0.326 bits per heavy atom. The maximum absolute atomic E-state index is 15.3. The summed E-state index contributed by atoms with van der Waals surface area (Å²) in [7, 11) is -2.31. The van der Waals surface area contributed by atoms with E-state index in [1.54, 1.807) is 97.1 Å².